The smallest absolute Gasteiger partial charge is 0.238 e. The lowest BCUT2D eigenvalue weighted by molar-refractivity contribution is -0.116. The molecule has 0 atom stereocenters. The standard InChI is InChI=1S/C21H24N4O/c1-13-9-19(16-7-6-15(3)22-11-16)23-20-10-18(14(2)8-17(13)20)24-21(26)12-25(4)5/h6-11H,12H2,1-5H3,(H,24,26). The van der Waals surface area contributed by atoms with Gasteiger partial charge in [0.05, 0.1) is 17.8 Å². The maximum Gasteiger partial charge on any atom is 0.238 e. The maximum atomic E-state index is 12.1. The van der Waals surface area contributed by atoms with Crippen molar-refractivity contribution in [1.82, 2.24) is 14.9 Å². The van der Waals surface area contributed by atoms with Crippen molar-refractivity contribution in [2.24, 2.45) is 0 Å². The van der Waals surface area contributed by atoms with Crippen molar-refractivity contribution in [3.63, 3.8) is 0 Å². The molecule has 0 saturated carbocycles. The van der Waals surface area contributed by atoms with Gasteiger partial charge in [-0.2, -0.15) is 0 Å². The summed E-state index contributed by atoms with van der Waals surface area (Å²) in [6, 6.07) is 10.1. The fraction of sp³-hybridized carbons (Fsp3) is 0.286. The number of nitrogens with one attached hydrogen (secondary N) is 1. The summed E-state index contributed by atoms with van der Waals surface area (Å²) in [5.41, 5.74) is 6.70. The largest absolute Gasteiger partial charge is 0.325 e. The Bertz CT molecular complexity index is 962. The van der Waals surface area contributed by atoms with Crippen molar-refractivity contribution in [1.29, 1.82) is 0 Å². The molecule has 0 aliphatic carbocycles. The van der Waals surface area contributed by atoms with E-state index < -0.39 is 0 Å². The Labute approximate surface area is 154 Å². The van der Waals surface area contributed by atoms with Gasteiger partial charge in [0.1, 0.15) is 0 Å². The third-order valence-electron chi connectivity index (χ3n) is 4.30. The molecule has 0 unspecified atom stereocenters. The van der Waals surface area contributed by atoms with E-state index in [1.807, 2.05) is 57.2 Å². The molecular formula is C21H24N4O. The van der Waals surface area contributed by atoms with Gasteiger partial charge in [-0.25, -0.2) is 4.98 Å². The van der Waals surface area contributed by atoms with Crippen LogP contribution in [0.5, 0.6) is 0 Å². The van der Waals surface area contributed by atoms with Crippen LogP contribution < -0.4 is 5.32 Å². The van der Waals surface area contributed by atoms with Crippen LogP contribution in [0, 0.1) is 20.8 Å². The average Bonchev–Trinajstić information content (AvgIpc) is 2.56. The van der Waals surface area contributed by atoms with E-state index in [2.05, 4.69) is 29.4 Å². The molecule has 1 amide bonds. The number of rotatable bonds is 4. The Morgan fingerprint density at radius 1 is 1.08 bits per heavy atom. The molecule has 0 spiro atoms. The van der Waals surface area contributed by atoms with Crippen molar-refractivity contribution in [2.45, 2.75) is 20.8 Å². The Kier molecular flexibility index (Phi) is 5.00. The summed E-state index contributed by atoms with van der Waals surface area (Å²) in [4.78, 5) is 23.1. The van der Waals surface area contributed by atoms with Crippen molar-refractivity contribution < 1.29 is 4.79 Å². The highest BCUT2D eigenvalue weighted by atomic mass is 16.2. The van der Waals surface area contributed by atoms with Crippen molar-refractivity contribution in [3.05, 3.63) is 53.3 Å². The third kappa shape index (κ3) is 3.89. The zero-order valence-corrected chi connectivity index (χ0v) is 15.9. The predicted molar refractivity (Wildman–Crippen MR) is 106 cm³/mol. The molecule has 0 fully saturated rings. The van der Waals surface area contributed by atoms with Gasteiger partial charge in [-0.1, -0.05) is 0 Å². The average molecular weight is 348 g/mol. The molecule has 0 radical (unpaired) electrons. The Morgan fingerprint density at radius 3 is 2.50 bits per heavy atom. The molecule has 3 rings (SSSR count). The summed E-state index contributed by atoms with van der Waals surface area (Å²) in [6.07, 6.45) is 1.84. The number of aryl methyl sites for hydroxylation is 3. The first kappa shape index (κ1) is 18.0. The zero-order valence-electron chi connectivity index (χ0n) is 15.9. The molecule has 26 heavy (non-hydrogen) atoms. The zero-order chi connectivity index (χ0) is 18.8. The van der Waals surface area contributed by atoms with Crippen molar-refractivity contribution in [3.8, 4) is 11.3 Å². The molecule has 2 aromatic heterocycles. The van der Waals surface area contributed by atoms with Gasteiger partial charge in [-0.15, -0.1) is 0 Å². The molecule has 0 saturated heterocycles. The van der Waals surface area contributed by atoms with Crippen LogP contribution >= 0.6 is 0 Å². The lowest BCUT2D eigenvalue weighted by Crippen LogP contribution is -2.27. The summed E-state index contributed by atoms with van der Waals surface area (Å²) in [7, 11) is 3.75. The number of hydrogen-bond acceptors (Lipinski definition) is 4. The van der Waals surface area contributed by atoms with E-state index in [9.17, 15) is 4.79 Å². The number of carbonyl (C=O) groups is 1. The molecule has 1 aromatic carbocycles. The van der Waals surface area contributed by atoms with Crippen LogP contribution in [0.2, 0.25) is 0 Å². The van der Waals surface area contributed by atoms with Crippen molar-refractivity contribution >= 4 is 22.5 Å². The third-order valence-corrected chi connectivity index (χ3v) is 4.30. The van der Waals surface area contributed by atoms with Gasteiger partial charge < -0.3 is 10.2 Å². The minimum Gasteiger partial charge on any atom is -0.325 e. The summed E-state index contributed by atoms with van der Waals surface area (Å²) >= 11 is 0. The van der Waals surface area contributed by atoms with Gasteiger partial charge in [-0.05, 0) is 76.3 Å². The molecule has 0 aliphatic heterocycles. The summed E-state index contributed by atoms with van der Waals surface area (Å²) in [6.45, 7) is 6.40. The van der Waals surface area contributed by atoms with Crippen LogP contribution in [0.15, 0.2) is 36.5 Å². The topological polar surface area (TPSA) is 58.1 Å². The second kappa shape index (κ2) is 7.22. The van der Waals surface area contributed by atoms with Gasteiger partial charge in [0.2, 0.25) is 5.91 Å². The van der Waals surface area contributed by atoms with Crippen LogP contribution in [-0.2, 0) is 4.79 Å². The summed E-state index contributed by atoms with van der Waals surface area (Å²) < 4.78 is 0. The number of benzene rings is 1. The second-order valence-electron chi connectivity index (χ2n) is 6.98. The van der Waals surface area contributed by atoms with E-state index in [1.54, 1.807) is 0 Å². The number of carbonyl (C=O) groups excluding carboxylic acids is 1. The molecule has 3 aromatic rings. The second-order valence-corrected chi connectivity index (χ2v) is 6.98. The molecule has 5 heteroatoms. The lowest BCUT2D eigenvalue weighted by atomic mass is 10.0. The summed E-state index contributed by atoms with van der Waals surface area (Å²) in [5, 5.41) is 4.08. The fourth-order valence-corrected chi connectivity index (χ4v) is 2.93. The Hall–Kier alpha value is -2.79. The Morgan fingerprint density at radius 2 is 1.85 bits per heavy atom. The number of amides is 1. The molecule has 0 aliphatic rings. The van der Waals surface area contributed by atoms with Crippen LogP contribution in [-0.4, -0.2) is 41.4 Å². The van der Waals surface area contributed by atoms with Gasteiger partial charge in [-0.3, -0.25) is 9.78 Å². The highest BCUT2D eigenvalue weighted by molar-refractivity contribution is 5.96. The van der Waals surface area contributed by atoms with Crippen LogP contribution in [0.3, 0.4) is 0 Å². The number of likely N-dealkylation sites (N-methyl/N-ethyl adjacent to an activating group) is 1. The predicted octanol–water partition coefficient (Wildman–Crippen LogP) is 3.72. The van der Waals surface area contributed by atoms with E-state index in [1.165, 1.54) is 0 Å². The van der Waals surface area contributed by atoms with Crippen LogP contribution in [0.1, 0.15) is 16.8 Å². The quantitative estimate of drug-likeness (QED) is 0.781. The normalized spacial score (nSPS) is 11.2. The summed E-state index contributed by atoms with van der Waals surface area (Å²) in [5.74, 6) is -0.0342. The van der Waals surface area contributed by atoms with E-state index in [-0.39, 0.29) is 5.91 Å². The molecule has 5 nitrogen and oxygen atoms in total. The molecule has 2 heterocycles. The molecule has 134 valence electrons. The van der Waals surface area contributed by atoms with E-state index in [0.717, 1.165) is 44.7 Å². The van der Waals surface area contributed by atoms with Gasteiger partial charge in [0.15, 0.2) is 0 Å². The highest BCUT2D eigenvalue weighted by Crippen LogP contribution is 2.28. The first-order chi connectivity index (χ1) is 12.3. The molecule has 0 bridgehead atoms. The van der Waals surface area contributed by atoms with Gasteiger partial charge >= 0.3 is 0 Å². The van der Waals surface area contributed by atoms with Gasteiger partial charge in [0.25, 0.3) is 0 Å². The lowest BCUT2D eigenvalue weighted by Gasteiger charge is -2.14. The fourth-order valence-electron chi connectivity index (χ4n) is 2.93. The number of pyridine rings is 2. The maximum absolute atomic E-state index is 12.1. The van der Waals surface area contributed by atoms with E-state index in [4.69, 9.17) is 4.98 Å². The van der Waals surface area contributed by atoms with Crippen LogP contribution in [0.25, 0.3) is 22.2 Å². The number of hydrogen-bond donors (Lipinski definition) is 1. The number of fused-ring (bicyclic) bond motifs is 1. The van der Waals surface area contributed by atoms with Crippen LogP contribution in [0.4, 0.5) is 5.69 Å². The highest BCUT2D eigenvalue weighted by Gasteiger charge is 2.11. The van der Waals surface area contributed by atoms with E-state index in [0.29, 0.717) is 6.54 Å². The Balaban J connectivity index is 2.03. The molecule has 1 N–H and O–H groups in total. The number of aromatic nitrogens is 2. The monoisotopic (exact) mass is 348 g/mol. The minimum absolute atomic E-state index is 0.0342. The first-order valence-electron chi connectivity index (χ1n) is 8.63. The van der Waals surface area contributed by atoms with E-state index >= 15 is 0 Å². The van der Waals surface area contributed by atoms with Crippen molar-refractivity contribution in [2.75, 3.05) is 26.0 Å². The minimum atomic E-state index is -0.0342. The number of nitrogens with zero attached hydrogens (tertiary/aromatic N) is 3. The molecular weight excluding hydrogens is 324 g/mol. The SMILES string of the molecule is Cc1ccc(-c2cc(C)c3cc(C)c(NC(=O)CN(C)C)cc3n2)cn1. The first-order valence-corrected chi connectivity index (χ1v) is 8.63. The van der Waals surface area contributed by atoms with Gasteiger partial charge in [0, 0.05) is 28.5 Å². The number of anilines is 1.